The molecule has 0 unspecified atom stereocenters. The highest BCUT2D eigenvalue weighted by molar-refractivity contribution is 6.31. The number of hydrogen-bond donors (Lipinski definition) is 2. The minimum atomic E-state index is -0.309. The van der Waals surface area contributed by atoms with Crippen molar-refractivity contribution < 1.29 is 4.79 Å². The summed E-state index contributed by atoms with van der Waals surface area (Å²) in [5, 5.41) is 7.71. The highest BCUT2D eigenvalue weighted by atomic mass is 35.5. The standard InChI is InChI=1S/C23H25ClN4O2/c1-14-5-7-18(8-6-14)13-28-22(24)19(17(4)27-28)9-10-21(29)25-12-20-15(2)11-16(3)26-23(20)30/h5-11H,12-13H2,1-4H3,(H,25,29)(H,26,30)/b10-9+. The second-order valence-electron chi connectivity index (χ2n) is 7.43. The molecular formula is C23H25ClN4O2. The van der Waals surface area contributed by atoms with Gasteiger partial charge in [0.2, 0.25) is 5.91 Å². The first kappa shape index (κ1) is 21.6. The quantitative estimate of drug-likeness (QED) is 0.590. The molecular weight excluding hydrogens is 400 g/mol. The van der Waals surface area contributed by atoms with Crippen LogP contribution in [-0.2, 0) is 17.9 Å². The molecule has 3 aromatic rings. The van der Waals surface area contributed by atoms with Crippen molar-refractivity contribution in [1.82, 2.24) is 20.1 Å². The smallest absolute Gasteiger partial charge is 0.253 e. The molecule has 0 saturated carbocycles. The van der Waals surface area contributed by atoms with Crippen LogP contribution in [0.15, 0.2) is 41.2 Å². The number of carbonyl (C=O) groups excluding carboxylic acids is 1. The van der Waals surface area contributed by atoms with E-state index in [1.807, 2.05) is 58.0 Å². The van der Waals surface area contributed by atoms with Crippen molar-refractivity contribution in [3.8, 4) is 0 Å². The molecule has 0 atom stereocenters. The van der Waals surface area contributed by atoms with Crippen molar-refractivity contribution in [3.63, 3.8) is 0 Å². The van der Waals surface area contributed by atoms with Gasteiger partial charge in [-0.1, -0.05) is 41.4 Å². The molecule has 0 aliphatic rings. The first-order valence-electron chi connectivity index (χ1n) is 9.68. The predicted octanol–water partition coefficient (Wildman–Crippen LogP) is 3.84. The minimum Gasteiger partial charge on any atom is -0.348 e. The van der Waals surface area contributed by atoms with Crippen LogP contribution in [0.4, 0.5) is 0 Å². The highest BCUT2D eigenvalue weighted by Crippen LogP contribution is 2.22. The Kier molecular flexibility index (Phi) is 6.57. The van der Waals surface area contributed by atoms with E-state index in [9.17, 15) is 9.59 Å². The fourth-order valence-corrected chi connectivity index (χ4v) is 3.52. The SMILES string of the molecule is Cc1ccc(Cn2nc(C)c(/C=C/C(=O)NCc3c(C)cc(C)[nH]c3=O)c2Cl)cc1. The number of amides is 1. The fourth-order valence-electron chi connectivity index (χ4n) is 3.22. The molecule has 0 saturated heterocycles. The summed E-state index contributed by atoms with van der Waals surface area (Å²) >= 11 is 6.50. The number of carbonyl (C=O) groups is 1. The molecule has 1 aromatic carbocycles. The van der Waals surface area contributed by atoms with Gasteiger partial charge in [-0.25, -0.2) is 4.68 Å². The first-order chi connectivity index (χ1) is 14.2. The van der Waals surface area contributed by atoms with Crippen LogP contribution in [0.5, 0.6) is 0 Å². The van der Waals surface area contributed by atoms with Gasteiger partial charge in [-0.3, -0.25) is 9.59 Å². The molecule has 0 aliphatic carbocycles. The van der Waals surface area contributed by atoms with E-state index in [4.69, 9.17) is 11.6 Å². The molecule has 2 N–H and O–H groups in total. The number of benzene rings is 1. The minimum absolute atomic E-state index is 0.157. The Morgan fingerprint density at radius 2 is 1.90 bits per heavy atom. The molecule has 0 fully saturated rings. The van der Waals surface area contributed by atoms with Gasteiger partial charge in [-0.05, 0) is 51.0 Å². The van der Waals surface area contributed by atoms with E-state index in [0.717, 1.165) is 22.5 Å². The number of hydrogen-bond acceptors (Lipinski definition) is 3. The third-order valence-corrected chi connectivity index (χ3v) is 5.30. The van der Waals surface area contributed by atoms with Gasteiger partial charge in [0.25, 0.3) is 5.56 Å². The summed E-state index contributed by atoms with van der Waals surface area (Å²) in [5.41, 5.74) is 5.72. The number of aryl methyl sites for hydroxylation is 4. The van der Waals surface area contributed by atoms with Crippen molar-refractivity contribution in [1.29, 1.82) is 0 Å². The zero-order valence-corrected chi connectivity index (χ0v) is 18.3. The van der Waals surface area contributed by atoms with E-state index in [1.54, 1.807) is 10.8 Å². The van der Waals surface area contributed by atoms with Gasteiger partial charge in [0, 0.05) is 29.4 Å². The summed E-state index contributed by atoms with van der Waals surface area (Å²) < 4.78 is 1.72. The zero-order chi connectivity index (χ0) is 21.8. The molecule has 0 radical (unpaired) electrons. The van der Waals surface area contributed by atoms with Gasteiger partial charge >= 0.3 is 0 Å². The lowest BCUT2D eigenvalue weighted by Crippen LogP contribution is -2.26. The van der Waals surface area contributed by atoms with Gasteiger partial charge < -0.3 is 10.3 Å². The molecule has 30 heavy (non-hydrogen) atoms. The maximum atomic E-state index is 12.3. The maximum Gasteiger partial charge on any atom is 0.253 e. The number of pyridine rings is 1. The third-order valence-electron chi connectivity index (χ3n) is 4.90. The zero-order valence-electron chi connectivity index (χ0n) is 17.5. The second kappa shape index (κ2) is 9.13. The number of aromatic amines is 1. The molecule has 0 spiro atoms. The number of nitrogens with one attached hydrogen (secondary N) is 2. The summed E-state index contributed by atoms with van der Waals surface area (Å²) in [5.74, 6) is -0.309. The summed E-state index contributed by atoms with van der Waals surface area (Å²) in [6, 6.07) is 10.1. The molecule has 0 bridgehead atoms. The van der Waals surface area contributed by atoms with Gasteiger partial charge in [0.1, 0.15) is 5.15 Å². The third kappa shape index (κ3) is 5.07. The van der Waals surface area contributed by atoms with E-state index < -0.39 is 0 Å². The van der Waals surface area contributed by atoms with Crippen molar-refractivity contribution in [2.24, 2.45) is 0 Å². The van der Waals surface area contributed by atoms with Gasteiger partial charge in [-0.2, -0.15) is 5.10 Å². The Morgan fingerprint density at radius 3 is 2.57 bits per heavy atom. The van der Waals surface area contributed by atoms with Crippen LogP contribution in [-0.4, -0.2) is 20.7 Å². The van der Waals surface area contributed by atoms with Crippen molar-refractivity contribution in [2.75, 3.05) is 0 Å². The number of rotatable bonds is 6. The Labute approximate surface area is 180 Å². The van der Waals surface area contributed by atoms with Crippen LogP contribution >= 0.6 is 11.6 Å². The van der Waals surface area contributed by atoms with Gasteiger partial charge in [-0.15, -0.1) is 0 Å². The summed E-state index contributed by atoms with van der Waals surface area (Å²) in [7, 11) is 0. The molecule has 6 nitrogen and oxygen atoms in total. The predicted molar refractivity (Wildman–Crippen MR) is 120 cm³/mol. The number of aromatic nitrogens is 3. The summed E-state index contributed by atoms with van der Waals surface area (Å²) in [6.45, 7) is 8.28. The largest absolute Gasteiger partial charge is 0.348 e. The monoisotopic (exact) mass is 424 g/mol. The van der Waals surface area contributed by atoms with E-state index in [2.05, 4.69) is 15.4 Å². The second-order valence-corrected chi connectivity index (χ2v) is 7.79. The van der Waals surface area contributed by atoms with E-state index in [-0.39, 0.29) is 18.0 Å². The summed E-state index contributed by atoms with van der Waals surface area (Å²) in [4.78, 5) is 27.1. The Hall–Kier alpha value is -3.12. The number of H-pyrrole nitrogens is 1. The van der Waals surface area contributed by atoms with Crippen molar-refractivity contribution >= 4 is 23.6 Å². The van der Waals surface area contributed by atoms with E-state index in [0.29, 0.717) is 22.8 Å². The lowest BCUT2D eigenvalue weighted by atomic mass is 10.1. The van der Waals surface area contributed by atoms with E-state index >= 15 is 0 Å². The van der Waals surface area contributed by atoms with Gasteiger partial charge in [0.05, 0.1) is 12.2 Å². The molecule has 2 aromatic heterocycles. The molecule has 1 amide bonds. The molecule has 156 valence electrons. The Balaban J connectivity index is 1.68. The normalized spacial score (nSPS) is 11.2. The first-order valence-corrected chi connectivity index (χ1v) is 10.1. The van der Waals surface area contributed by atoms with Crippen LogP contribution in [0.25, 0.3) is 6.08 Å². The van der Waals surface area contributed by atoms with Crippen molar-refractivity contribution in [3.05, 3.63) is 91.1 Å². The van der Waals surface area contributed by atoms with Crippen LogP contribution in [0.2, 0.25) is 5.15 Å². The van der Waals surface area contributed by atoms with E-state index in [1.165, 1.54) is 11.6 Å². The molecule has 0 aliphatic heterocycles. The van der Waals surface area contributed by atoms with Crippen LogP contribution in [0.1, 0.15) is 39.2 Å². The van der Waals surface area contributed by atoms with Gasteiger partial charge in [0.15, 0.2) is 0 Å². The lowest BCUT2D eigenvalue weighted by Gasteiger charge is -2.06. The topological polar surface area (TPSA) is 79.8 Å². The van der Waals surface area contributed by atoms with Crippen LogP contribution in [0, 0.1) is 27.7 Å². The maximum absolute atomic E-state index is 12.3. The van der Waals surface area contributed by atoms with Crippen LogP contribution in [0.3, 0.4) is 0 Å². The molecule has 2 heterocycles. The Morgan fingerprint density at radius 1 is 1.20 bits per heavy atom. The fraction of sp³-hybridized carbons (Fsp3) is 0.261. The molecule has 3 rings (SSSR count). The highest BCUT2D eigenvalue weighted by Gasteiger charge is 2.12. The summed E-state index contributed by atoms with van der Waals surface area (Å²) in [6.07, 6.45) is 3.06. The average Bonchev–Trinajstić information content (AvgIpc) is 2.94. The lowest BCUT2D eigenvalue weighted by molar-refractivity contribution is -0.116. The number of nitrogens with zero attached hydrogens (tertiary/aromatic N) is 2. The molecule has 7 heteroatoms. The average molecular weight is 425 g/mol. The van der Waals surface area contributed by atoms with Crippen molar-refractivity contribution in [2.45, 2.75) is 40.8 Å². The van der Waals surface area contributed by atoms with Crippen LogP contribution < -0.4 is 10.9 Å². The Bertz CT molecular complexity index is 1160. The number of halogens is 1.